The van der Waals surface area contributed by atoms with Crippen molar-refractivity contribution in [2.75, 3.05) is 6.54 Å². The first-order valence-electron chi connectivity index (χ1n) is 6.51. The van der Waals surface area contributed by atoms with Crippen molar-refractivity contribution in [3.8, 4) is 0 Å². The fraction of sp³-hybridized carbons (Fsp3) is 0.769. The van der Waals surface area contributed by atoms with Crippen molar-refractivity contribution in [3.05, 3.63) is 18.2 Å². The third kappa shape index (κ3) is 3.97. The molecule has 1 heterocycles. The summed E-state index contributed by atoms with van der Waals surface area (Å²) >= 11 is 0. The molecule has 1 rings (SSSR count). The van der Waals surface area contributed by atoms with Crippen LogP contribution in [-0.4, -0.2) is 16.1 Å². The first kappa shape index (κ1) is 13.2. The Morgan fingerprint density at radius 1 is 1.31 bits per heavy atom. The van der Waals surface area contributed by atoms with Crippen LogP contribution in [0.3, 0.4) is 0 Å². The molecule has 0 saturated heterocycles. The molecule has 0 radical (unpaired) electrons. The number of imidazole rings is 1. The highest BCUT2D eigenvalue weighted by molar-refractivity contribution is 4.97. The van der Waals surface area contributed by atoms with E-state index in [0.29, 0.717) is 0 Å². The van der Waals surface area contributed by atoms with Crippen molar-refractivity contribution < 1.29 is 0 Å². The normalized spacial score (nSPS) is 11.2. The summed E-state index contributed by atoms with van der Waals surface area (Å²) < 4.78 is 2.24. The maximum Gasteiger partial charge on any atom is 0.0948 e. The lowest BCUT2D eigenvalue weighted by atomic mass is 10.0. The molecule has 0 unspecified atom stereocenters. The third-order valence-electron chi connectivity index (χ3n) is 3.16. The van der Waals surface area contributed by atoms with E-state index in [2.05, 4.69) is 35.6 Å². The van der Waals surface area contributed by atoms with Gasteiger partial charge >= 0.3 is 0 Å². The minimum Gasteiger partial charge on any atom is -0.333 e. The Kier molecular flexibility index (Phi) is 6.16. The van der Waals surface area contributed by atoms with Crippen LogP contribution in [0.25, 0.3) is 0 Å². The molecule has 0 aliphatic rings. The zero-order chi connectivity index (χ0) is 11.8. The molecule has 1 aromatic heterocycles. The van der Waals surface area contributed by atoms with Crippen molar-refractivity contribution in [1.82, 2.24) is 14.9 Å². The Hall–Kier alpha value is -0.830. The number of hydrogen-bond donors (Lipinski definition) is 1. The predicted molar refractivity (Wildman–Crippen MR) is 68.3 cm³/mol. The van der Waals surface area contributed by atoms with Gasteiger partial charge < -0.3 is 9.88 Å². The lowest BCUT2D eigenvalue weighted by Gasteiger charge is -2.13. The van der Waals surface area contributed by atoms with Crippen LogP contribution in [0.5, 0.6) is 0 Å². The van der Waals surface area contributed by atoms with E-state index in [4.69, 9.17) is 0 Å². The van der Waals surface area contributed by atoms with Gasteiger partial charge in [0.1, 0.15) is 0 Å². The van der Waals surface area contributed by atoms with Gasteiger partial charge in [0.05, 0.1) is 12.0 Å². The van der Waals surface area contributed by atoms with Gasteiger partial charge in [0.15, 0.2) is 0 Å². The van der Waals surface area contributed by atoms with Gasteiger partial charge in [0.25, 0.3) is 0 Å². The Balaban J connectivity index is 2.33. The predicted octanol–water partition coefficient (Wildman–Crippen LogP) is 2.82. The molecule has 0 aliphatic carbocycles. The van der Waals surface area contributed by atoms with Gasteiger partial charge in [-0.15, -0.1) is 0 Å². The van der Waals surface area contributed by atoms with Gasteiger partial charge in [-0.05, 0) is 18.9 Å². The molecule has 3 nitrogen and oxygen atoms in total. The molecule has 0 fully saturated rings. The smallest absolute Gasteiger partial charge is 0.0948 e. The van der Waals surface area contributed by atoms with Gasteiger partial charge in [-0.25, -0.2) is 4.98 Å². The second kappa shape index (κ2) is 7.44. The highest BCUT2D eigenvalue weighted by Gasteiger charge is 2.04. The molecular weight excluding hydrogens is 198 g/mol. The SMILES string of the molecule is CCCn1cncc1CNCC(CC)CC. The maximum absolute atomic E-state index is 4.20. The molecule has 0 amide bonds. The van der Waals surface area contributed by atoms with Crippen LogP contribution in [0.2, 0.25) is 0 Å². The third-order valence-corrected chi connectivity index (χ3v) is 3.16. The molecule has 0 atom stereocenters. The number of hydrogen-bond acceptors (Lipinski definition) is 2. The Morgan fingerprint density at radius 2 is 2.06 bits per heavy atom. The van der Waals surface area contributed by atoms with E-state index in [1.54, 1.807) is 0 Å². The van der Waals surface area contributed by atoms with Gasteiger partial charge in [0, 0.05) is 19.3 Å². The van der Waals surface area contributed by atoms with Crippen molar-refractivity contribution in [3.63, 3.8) is 0 Å². The van der Waals surface area contributed by atoms with E-state index in [-0.39, 0.29) is 0 Å². The van der Waals surface area contributed by atoms with Crippen LogP contribution in [0.4, 0.5) is 0 Å². The van der Waals surface area contributed by atoms with Crippen LogP contribution in [-0.2, 0) is 13.1 Å². The minimum absolute atomic E-state index is 0.808. The molecule has 3 heteroatoms. The number of aryl methyl sites for hydroxylation is 1. The summed E-state index contributed by atoms with van der Waals surface area (Å²) in [4.78, 5) is 4.20. The van der Waals surface area contributed by atoms with Crippen LogP contribution in [0, 0.1) is 5.92 Å². The number of aromatic nitrogens is 2. The van der Waals surface area contributed by atoms with Crippen molar-refractivity contribution >= 4 is 0 Å². The lowest BCUT2D eigenvalue weighted by molar-refractivity contribution is 0.444. The molecule has 1 aromatic rings. The molecule has 0 aliphatic heterocycles. The molecule has 0 spiro atoms. The van der Waals surface area contributed by atoms with E-state index in [0.717, 1.165) is 32.0 Å². The number of rotatable bonds is 8. The molecule has 92 valence electrons. The van der Waals surface area contributed by atoms with E-state index < -0.39 is 0 Å². The number of nitrogens with one attached hydrogen (secondary N) is 1. The average molecular weight is 223 g/mol. The van der Waals surface area contributed by atoms with Crippen molar-refractivity contribution in [2.45, 2.75) is 53.1 Å². The van der Waals surface area contributed by atoms with E-state index >= 15 is 0 Å². The molecule has 1 N–H and O–H groups in total. The average Bonchev–Trinajstić information content (AvgIpc) is 2.73. The summed E-state index contributed by atoms with van der Waals surface area (Å²) in [6.07, 6.45) is 7.58. The largest absolute Gasteiger partial charge is 0.333 e. The highest BCUT2D eigenvalue weighted by Crippen LogP contribution is 2.06. The first-order chi connectivity index (χ1) is 7.81. The lowest BCUT2D eigenvalue weighted by Crippen LogP contribution is -2.23. The molecule has 0 saturated carbocycles. The topological polar surface area (TPSA) is 29.9 Å². The van der Waals surface area contributed by atoms with Gasteiger partial charge in [-0.2, -0.15) is 0 Å². The van der Waals surface area contributed by atoms with Crippen LogP contribution >= 0.6 is 0 Å². The second-order valence-electron chi connectivity index (χ2n) is 4.39. The summed E-state index contributed by atoms with van der Waals surface area (Å²) in [6.45, 7) is 9.85. The molecule has 0 bridgehead atoms. The molecular formula is C13H25N3. The molecule has 0 aromatic carbocycles. The van der Waals surface area contributed by atoms with Crippen molar-refractivity contribution in [2.24, 2.45) is 5.92 Å². The molecule has 16 heavy (non-hydrogen) atoms. The van der Waals surface area contributed by atoms with Crippen LogP contribution in [0.1, 0.15) is 45.7 Å². The van der Waals surface area contributed by atoms with E-state index in [1.807, 2.05) is 12.5 Å². The maximum atomic E-state index is 4.20. The fourth-order valence-corrected chi connectivity index (χ4v) is 1.92. The summed E-state index contributed by atoms with van der Waals surface area (Å²) in [5.41, 5.74) is 1.30. The second-order valence-corrected chi connectivity index (χ2v) is 4.39. The zero-order valence-electron chi connectivity index (χ0n) is 10.9. The minimum atomic E-state index is 0.808. The fourth-order valence-electron chi connectivity index (χ4n) is 1.92. The van der Waals surface area contributed by atoms with Gasteiger partial charge in [-0.3, -0.25) is 0 Å². The standard InChI is InChI=1S/C13H25N3/c1-4-7-16-11-15-10-13(16)9-14-8-12(5-2)6-3/h10-12,14H,4-9H2,1-3H3. The van der Waals surface area contributed by atoms with Gasteiger partial charge in [0.2, 0.25) is 0 Å². The van der Waals surface area contributed by atoms with E-state index in [1.165, 1.54) is 18.5 Å². The quantitative estimate of drug-likeness (QED) is 0.734. The highest BCUT2D eigenvalue weighted by atomic mass is 15.1. The van der Waals surface area contributed by atoms with Crippen LogP contribution in [0.15, 0.2) is 12.5 Å². The zero-order valence-corrected chi connectivity index (χ0v) is 10.9. The van der Waals surface area contributed by atoms with Gasteiger partial charge in [-0.1, -0.05) is 33.6 Å². The van der Waals surface area contributed by atoms with Crippen LogP contribution < -0.4 is 5.32 Å². The Morgan fingerprint density at radius 3 is 2.69 bits per heavy atom. The summed E-state index contributed by atoms with van der Waals surface area (Å²) in [6, 6.07) is 0. The van der Waals surface area contributed by atoms with E-state index in [9.17, 15) is 0 Å². The number of nitrogens with zero attached hydrogens (tertiary/aromatic N) is 2. The Bertz CT molecular complexity index is 276. The van der Waals surface area contributed by atoms with Crippen molar-refractivity contribution in [1.29, 1.82) is 0 Å². The summed E-state index contributed by atoms with van der Waals surface area (Å²) in [5.74, 6) is 0.808. The summed E-state index contributed by atoms with van der Waals surface area (Å²) in [7, 11) is 0. The first-order valence-corrected chi connectivity index (χ1v) is 6.51. The Labute approximate surface area is 99.3 Å². The monoisotopic (exact) mass is 223 g/mol. The summed E-state index contributed by atoms with van der Waals surface area (Å²) in [5, 5.41) is 3.53.